The zero-order valence-corrected chi connectivity index (χ0v) is 13.4. The minimum Gasteiger partial charge on any atom is -0.461 e. The molecular weight excluding hydrogens is 286 g/mol. The molecule has 2 aromatic heterocycles. The molecule has 1 unspecified atom stereocenters. The van der Waals surface area contributed by atoms with Gasteiger partial charge in [0, 0.05) is 4.88 Å². The fraction of sp³-hybridized carbons (Fsp3) is 0.500. The summed E-state index contributed by atoms with van der Waals surface area (Å²) in [6.45, 7) is 5.98. The van der Waals surface area contributed by atoms with Gasteiger partial charge in [-0.1, -0.05) is 19.4 Å². The van der Waals surface area contributed by atoms with Gasteiger partial charge in [0.05, 0.1) is 12.1 Å². The van der Waals surface area contributed by atoms with Gasteiger partial charge in [0.1, 0.15) is 0 Å². The summed E-state index contributed by atoms with van der Waals surface area (Å²) in [5.74, 6) is 0.606. The Morgan fingerprint density at radius 3 is 2.76 bits per heavy atom. The molecule has 2 heterocycles. The third-order valence-electron chi connectivity index (χ3n) is 2.74. The number of thiophene rings is 1. The topological polar surface area (TPSA) is 86.0 Å². The first kappa shape index (κ1) is 15.5. The van der Waals surface area contributed by atoms with E-state index in [1.165, 1.54) is 4.88 Å². The number of anilines is 2. The summed E-state index contributed by atoms with van der Waals surface area (Å²) in [4.78, 5) is 13.7. The Hall–Kier alpha value is -1.89. The Kier molecular flexibility index (Phi) is 5.32. The second-order valence-corrected chi connectivity index (χ2v) is 5.95. The van der Waals surface area contributed by atoms with E-state index in [9.17, 15) is 0 Å². The lowest BCUT2D eigenvalue weighted by Gasteiger charge is -2.17. The van der Waals surface area contributed by atoms with Gasteiger partial charge in [-0.25, -0.2) is 0 Å². The summed E-state index contributed by atoms with van der Waals surface area (Å²) < 4.78 is 5.49. The maximum absolute atomic E-state index is 5.72. The van der Waals surface area contributed by atoms with E-state index in [4.69, 9.17) is 10.5 Å². The molecule has 2 rings (SSSR count). The molecule has 0 fully saturated rings. The first-order chi connectivity index (χ1) is 10.1. The Morgan fingerprint density at radius 2 is 2.14 bits per heavy atom. The average molecular weight is 307 g/mol. The Bertz CT molecular complexity index is 558. The summed E-state index contributed by atoms with van der Waals surface area (Å²) in [5, 5.41) is 5.39. The monoisotopic (exact) mass is 307 g/mol. The van der Waals surface area contributed by atoms with E-state index < -0.39 is 0 Å². The molecule has 0 aliphatic carbocycles. The Labute approximate surface area is 128 Å². The number of nitrogens with two attached hydrogens (primary N) is 1. The number of ether oxygens (including phenoxy) is 1. The van der Waals surface area contributed by atoms with Crippen molar-refractivity contribution in [2.75, 3.05) is 11.1 Å². The van der Waals surface area contributed by atoms with E-state index in [1.807, 2.05) is 19.9 Å². The van der Waals surface area contributed by atoms with Gasteiger partial charge >= 0.3 is 6.01 Å². The number of hydrogen-bond acceptors (Lipinski definition) is 7. The highest BCUT2D eigenvalue weighted by Crippen LogP contribution is 2.26. The maximum Gasteiger partial charge on any atom is 0.323 e. The van der Waals surface area contributed by atoms with E-state index in [2.05, 4.69) is 38.6 Å². The largest absolute Gasteiger partial charge is 0.461 e. The smallest absolute Gasteiger partial charge is 0.323 e. The van der Waals surface area contributed by atoms with Crippen LogP contribution in [0.1, 0.15) is 44.5 Å². The second kappa shape index (κ2) is 7.21. The number of nitrogens with zero attached hydrogens (tertiary/aromatic N) is 3. The molecule has 0 spiro atoms. The third-order valence-corrected chi connectivity index (χ3v) is 3.73. The van der Waals surface area contributed by atoms with E-state index >= 15 is 0 Å². The standard InChI is InChI=1S/C14H21N5OS/c1-4-6-10(11-7-5-8-21-11)16-13-17-12(15)18-14(19-13)20-9(2)3/h5,7-10H,4,6H2,1-3H3,(H3,15,16,17,18,19). The van der Waals surface area contributed by atoms with Crippen LogP contribution in [0, 0.1) is 0 Å². The fourth-order valence-electron chi connectivity index (χ4n) is 1.92. The van der Waals surface area contributed by atoms with Crippen LogP contribution in [-0.2, 0) is 0 Å². The molecule has 0 amide bonds. The summed E-state index contributed by atoms with van der Waals surface area (Å²) in [7, 11) is 0. The van der Waals surface area contributed by atoms with Crippen molar-refractivity contribution in [2.45, 2.75) is 45.8 Å². The van der Waals surface area contributed by atoms with Crippen LogP contribution < -0.4 is 15.8 Å². The molecule has 6 nitrogen and oxygen atoms in total. The van der Waals surface area contributed by atoms with Crippen LogP contribution >= 0.6 is 11.3 Å². The highest BCUT2D eigenvalue weighted by molar-refractivity contribution is 7.10. The summed E-state index contributed by atoms with van der Waals surface area (Å²) >= 11 is 1.71. The first-order valence-corrected chi connectivity index (χ1v) is 7.94. The molecule has 0 aliphatic rings. The number of hydrogen-bond donors (Lipinski definition) is 2. The van der Waals surface area contributed by atoms with E-state index in [1.54, 1.807) is 11.3 Å². The van der Waals surface area contributed by atoms with Crippen LogP contribution in [0.2, 0.25) is 0 Å². The lowest BCUT2D eigenvalue weighted by Crippen LogP contribution is -2.15. The van der Waals surface area contributed by atoms with Crippen molar-refractivity contribution >= 4 is 23.2 Å². The molecular formula is C14H21N5OS. The van der Waals surface area contributed by atoms with Crippen LogP contribution in [0.5, 0.6) is 6.01 Å². The molecule has 21 heavy (non-hydrogen) atoms. The predicted molar refractivity (Wildman–Crippen MR) is 85.6 cm³/mol. The summed E-state index contributed by atoms with van der Waals surface area (Å²) in [6.07, 6.45) is 2.04. The van der Waals surface area contributed by atoms with Crippen molar-refractivity contribution in [2.24, 2.45) is 0 Å². The number of nitrogen functional groups attached to an aromatic ring is 1. The Morgan fingerprint density at radius 1 is 1.33 bits per heavy atom. The van der Waals surface area contributed by atoms with E-state index in [-0.39, 0.29) is 24.1 Å². The normalized spacial score (nSPS) is 12.4. The van der Waals surface area contributed by atoms with Gasteiger partial charge in [-0.15, -0.1) is 11.3 Å². The van der Waals surface area contributed by atoms with Crippen molar-refractivity contribution in [1.29, 1.82) is 0 Å². The van der Waals surface area contributed by atoms with Crippen molar-refractivity contribution in [3.63, 3.8) is 0 Å². The fourth-order valence-corrected chi connectivity index (χ4v) is 2.73. The highest BCUT2D eigenvalue weighted by Gasteiger charge is 2.15. The number of rotatable bonds is 7. The molecule has 3 N–H and O–H groups in total. The van der Waals surface area contributed by atoms with Crippen molar-refractivity contribution in [1.82, 2.24) is 15.0 Å². The second-order valence-electron chi connectivity index (χ2n) is 4.97. The maximum atomic E-state index is 5.72. The SMILES string of the molecule is CCCC(Nc1nc(N)nc(OC(C)C)n1)c1cccs1. The van der Waals surface area contributed by atoms with Crippen molar-refractivity contribution in [3.8, 4) is 6.01 Å². The zero-order chi connectivity index (χ0) is 15.2. The van der Waals surface area contributed by atoms with Gasteiger partial charge in [0.25, 0.3) is 0 Å². The van der Waals surface area contributed by atoms with Gasteiger partial charge in [-0.3, -0.25) is 0 Å². The lowest BCUT2D eigenvalue weighted by molar-refractivity contribution is 0.222. The first-order valence-electron chi connectivity index (χ1n) is 7.06. The Balaban J connectivity index is 2.18. The molecule has 0 aliphatic heterocycles. The van der Waals surface area contributed by atoms with Crippen LogP contribution in [0.15, 0.2) is 17.5 Å². The van der Waals surface area contributed by atoms with Crippen molar-refractivity contribution < 1.29 is 4.74 Å². The van der Waals surface area contributed by atoms with Crippen LogP contribution in [-0.4, -0.2) is 21.1 Å². The van der Waals surface area contributed by atoms with E-state index in [0.29, 0.717) is 5.95 Å². The number of aromatic nitrogens is 3. The molecule has 0 aromatic carbocycles. The molecule has 0 radical (unpaired) electrons. The van der Waals surface area contributed by atoms with Gasteiger partial charge in [0.15, 0.2) is 0 Å². The minimum absolute atomic E-state index is 0.0108. The molecule has 0 saturated carbocycles. The van der Waals surface area contributed by atoms with E-state index in [0.717, 1.165) is 12.8 Å². The quantitative estimate of drug-likeness (QED) is 0.816. The van der Waals surface area contributed by atoms with Crippen LogP contribution in [0.4, 0.5) is 11.9 Å². The van der Waals surface area contributed by atoms with Crippen molar-refractivity contribution in [3.05, 3.63) is 22.4 Å². The molecule has 1 atom stereocenters. The molecule has 0 saturated heterocycles. The number of nitrogens with one attached hydrogen (secondary N) is 1. The molecule has 0 bridgehead atoms. The zero-order valence-electron chi connectivity index (χ0n) is 12.5. The van der Waals surface area contributed by atoms with Crippen LogP contribution in [0.3, 0.4) is 0 Å². The lowest BCUT2D eigenvalue weighted by atomic mass is 10.1. The summed E-state index contributed by atoms with van der Waals surface area (Å²) in [6, 6.07) is 4.57. The molecule has 114 valence electrons. The van der Waals surface area contributed by atoms with Gasteiger partial charge in [-0.2, -0.15) is 15.0 Å². The third kappa shape index (κ3) is 4.56. The molecule has 7 heteroatoms. The molecule has 2 aromatic rings. The highest BCUT2D eigenvalue weighted by atomic mass is 32.1. The van der Waals surface area contributed by atoms with Gasteiger partial charge in [-0.05, 0) is 31.7 Å². The average Bonchev–Trinajstić information content (AvgIpc) is 2.90. The van der Waals surface area contributed by atoms with Crippen LogP contribution in [0.25, 0.3) is 0 Å². The predicted octanol–water partition coefficient (Wildman–Crippen LogP) is 3.26. The van der Waals surface area contributed by atoms with Gasteiger partial charge < -0.3 is 15.8 Å². The van der Waals surface area contributed by atoms with Gasteiger partial charge in [0.2, 0.25) is 11.9 Å². The summed E-state index contributed by atoms with van der Waals surface area (Å²) in [5.41, 5.74) is 5.72. The minimum atomic E-state index is -0.0108.